The number of hydrogen-bond acceptors (Lipinski definition) is 2. The molecule has 8 heteroatoms. The zero-order chi connectivity index (χ0) is 15.1. The van der Waals surface area contributed by atoms with E-state index in [0.717, 1.165) is 6.07 Å². The van der Waals surface area contributed by atoms with Crippen LogP contribution in [-0.4, -0.2) is 12.3 Å². The van der Waals surface area contributed by atoms with Crippen LogP contribution in [0.4, 0.5) is 26.3 Å². The molecule has 0 saturated carbocycles. The molecule has 0 radical (unpaired) electrons. The molecular weight excluding hydrogens is 290 g/mol. The van der Waals surface area contributed by atoms with Crippen LogP contribution in [0.15, 0.2) is 39.5 Å². The Balaban J connectivity index is 2.67. The smallest absolute Gasteiger partial charge is 0.376 e. The lowest BCUT2D eigenvalue weighted by molar-refractivity contribution is -0.276. The Bertz CT molecular complexity index is 692. The van der Waals surface area contributed by atoms with Crippen molar-refractivity contribution in [1.82, 2.24) is 0 Å². The Kier molecular flexibility index (Phi) is 3.27. The fourth-order valence-electron chi connectivity index (χ4n) is 1.56. The predicted molar refractivity (Wildman–Crippen MR) is 57.3 cm³/mol. The van der Waals surface area contributed by atoms with Crippen molar-refractivity contribution < 1.29 is 30.8 Å². The molecule has 2 rings (SSSR count). The van der Waals surface area contributed by atoms with Gasteiger partial charge in [0.05, 0.1) is 5.39 Å². The van der Waals surface area contributed by atoms with Crippen molar-refractivity contribution in [2.45, 2.75) is 18.3 Å². The summed E-state index contributed by atoms with van der Waals surface area (Å²) in [6.45, 7) is 0. The van der Waals surface area contributed by atoms with Gasteiger partial charge in [-0.2, -0.15) is 17.6 Å². The molecule has 1 aromatic carbocycles. The Morgan fingerprint density at radius 3 is 2.25 bits per heavy atom. The molecular formula is C12H6F6O2. The molecule has 0 bridgehead atoms. The molecule has 1 aromatic heterocycles. The van der Waals surface area contributed by atoms with Gasteiger partial charge in [0.1, 0.15) is 5.58 Å². The van der Waals surface area contributed by atoms with Crippen LogP contribution in [0.5, 0.6) is 0 Å². The zero-order valence-corrected chi connectivity index (χ0v) is 9.55. The lowest BCUT2D eigenvalue weighted by Gasteiger charge is -2.24. The topological polar surface area (TPSA) is 30.2 Å². The summed E-state index contributed by atoms with van der Waals surface area (Å²) in [5.41, 5.74) is -1.41. The van der Waals surface area contributed by atoms with Crippen molar-refractivity contribution >= 4 is 11.0 Å². The molecule has 0 saturated heterocycles. The normalized spacial score (nSPS) is 13.2. The summed E-state index contributed by atoms with van der Waals surface area (Å²) in [4.78, 5) is 11.5. The summed E-state index contributed by atoms with van der Waals surface area (Å²) in [7, 11) is 0. The van der Waals surface area contributed by atoms with Crippen LogP contribution in [0, 0.1) is 0 Å². The number of hydrogen-bond donors (Lipinski definition) is 0. The molecule has 0 aliphatic heterocycles. The van der Waals surface area contributed by atoms with Gasteiger partial charge in [-0.15, -0.1) is 0 Å². The molecule has 0 amide bonds. The van der Waals surface area contributed by atoms with Gasteiger partial charge in [0, 0.05) is 6.07 Å². The lowest BCUT2D eigenvalue weighted by Crippen LogP contribution is -2.44. The highest BCUT2D eigenvalue weighted by Crippen LogP contribution is 2.46. The monoisotopic (exact) mass is 296 g/mol. The maximum absolute atomic E-state index is 13.4. The molecule has 0 atom stereocenters. The van der Waals surface area contributed by atoms with Crippen LogP contribution in [0.25, 0.3) is 11.0 Å². The molecule has 0 aliphatic rings. The van der Waals surface area contributed by atoms with Gasteiger partial charge < -0.3 is 4.42 Å². The van der Waals surface area contributed by atoms with Gasteiger partial charge in [-0.05, 0) is 12.1 Å². The highest BCUT2D eigenvalue weighted by Gasteiger charge is 2.65. The standard InChI is InChI=1S/C12H6F6O2/c13-10(14)12(17,18)11(15,16)9-5-7(19)6-3-1-2-4-8(6)20-9/h1-5,10H. The zero-order valence-electron chi connectivity index (χ0n) is 9.55. The highest BCUT2D eigenvalue weighted by atomic mass is 19.3. The summed E-state index contributed by atoms with van der Waals surface area (Å²) in [5.74, 6) is -12.7. The minimum Gasteiger partial charge on any atom is -0.454 e. The summed E-state index contributed by atoms with van der Waals surface area (Å²) in [5, 5.41) is -0.118. The van der Waals surface area contributed by atoms with E-state index in [0.29, 0.717) is 0 Å². The third-order valence-electron chi connectivity index (χ3n) is 2.64. The van der Waals surface area contributed by atoms with Crippen molar-refractivity contribution in [3.63, 3.8) is 0 Å². The quantitative estimate of drug-likeness (QED) is 0.807. The SMILES string of the molecule is O=c1cc(C(F)(F)C(F)(F)C(F)F)oc2ccccc12. The average molecular weight is 296 g/mol. The van der Waals surface area contributed by atoms with Gasteiger partial charge in [-0.1, -0.05) is 12.1 Å². The third-order valence-corrected chi connectivity index (χ3v) is 2.64. The number of rotatable bonds is 3. The molecule has 0 aliphatic carbocycles. The molecule has 2 nitrogen and oxygen atoms in total. The highest BCUT2D eigenvalue weighted by molar-refractivity contribution is 5.76. The van der Waals surface area contributed by atoms with Crippen LogP contribution in [0.3, 0.4) is 0 Å². The second-order valence-electron chi connectivity index (χ2n) is 3.97. The molecule has 0 fully saturated rings. The van der Waals surface area contributed by atoms with Crippen LogP contribution in [0.2, 0.25) is 0 Å². The van der Waals surface area contributed by atoms with Gasteiger partial charge in [0.2, 0.25) is 0 Å². The van der Waals surface area contributed by atoms with E-state index in [9.17, 15) is 31.1 Å². The average Bonchev–Trinajstić information content (AvgIpc) is 2.38. The lowest BCUT2D eigenvalue weighted by atomic mass is 10.1. The minimum atomic E-state index is -5.65. The van der Waals surface area contributed by atoms with Gasteiger partial charge >= 0.3 is 18.3 Å². The van der Waals surface area contributed by atoms with Crippen molar-refractivity contribution in [3.05, 3.63) is 46.3 Å². The van der Waals surface area contributed by atoms with E-state index < -0.39 is 29.5 Å². The van der Waals surface area contributed by atoms with Gasteiger partial charge in [-0.3, -0.25) is 4.79 Å². The number of para-hydroxylation sites is 1. The van der Waals surface area contributed by atoms with Gasteiger partial charge in [0.25, 0.3) is 0 Å². The maximum Gasteiger partial charge on any atom is 0.376 e. The van der Waals surface area contributed by atoms with E-state index in [4.69, 9.17) is 0 Å². The first kappa shape index (κ1) is 14.4. The number of fused-ring (bicyclic) bond motifs is 1. The van der Waals surface area contributed by atoms with E-state index >= 15 is 0 Å². The van der Waals surface area contributed by atoms with Gasteiger partial charge in [0.15, 0.2) is 11.2 Å². The van der Waals surface area contributed by atoms with E-state index in [1.807, 2.05) is 0 Å². The second-order valence-corrected chi connectivity index (χ2v) is 3.97. The van der Waals surface area contributed by atoms with E-state index in [1.54, 1.807) is 0 Å². The van der Waals surface area contributed by atoms with Crippen LogP contribution in [0.1, 0.15) is 5.76 Å². The fraction of sp³-hybridized carbons (Fsp3) is 0.250. The molecule has 20 heavy (non-hydrogen) atoms. The molecule has 0 unspecified atom stereocenters. The summed E-state index contributed by atoms with van der Waals surface area (Å²) in [6.07, 6.45) is -4.60. The Morgan fingerprint density at radius 1 is 1.05 bits per heavy atom. The van der Waals surface area contributed by atoms with E-state index in [-0.39, 0.29) is 17.0 Å². The number of alkyl halides is 6. The molecule has 108 valence electrons. The summed E-state index contributed by atoms with van der Waals surface area (Å²) < 4.78 is 81.2. The van der Waals surface area contributed by atoms with E-state index in [1.165, 1.54) is 18.2 Å². The van der Waals surface area contributed by atoms with Crippen molar-refractivity contribution in [2.24, 2.45) is 0 Å². The van der Waals surface area contributed by atoms with Crippen molar-refractivity contribution in [3.8, 4) is 0 Å². The molecule has 2 aromatic rings. The van der Waals surface area contributed by atoms with Crippen LogP contribution < -0.4 is 5.43 Å². The van der Waals surface area contributed by atoms with Crippen molar-refractivity contribution in [2.75, 3.05) is 0 Å². The largest absolute Gasteiger partial charge is 0.454 e. The second kappa shape index (κ2) is 4.53. The van der Waals surface area contributed by atoms with Crippen LogP contribution >= 0.6 is 0 Å². The minimum absolute atomic E-state index is 0.0959. The first-order chi connectivity index (χ1) is 9.18. The van der Waals surface area contributed by atoms with E-state index in [2.05, 4.69) is 4.42 Å². The predicted octanol–water partition coefficient (Wildman–Crippen LogP) is 3.79. The summed E-state index contributed by atoms with van der Waals surface area (Å²) in [6, 6.07) is 5.15. The number of halogens is 6. The Labute approximate surface area is 107 Å². The first-order valence-corrected chi connectivity index (χ1v) is 5.25. The van der Waals surface area contributed by atoms with Crippen LogP contribution in [-0.2, 0) is 5.92 Å². The Morgan fingerprint density at radius 2 is 1.65 bits per heavy atom. The molecule has 1 heterocycles. The molecule has 0 spiro atoms. The Hall–Kier alpha value is -1.99. The number of benzene rings is 1. The third kappa shape index (κ3) is 2.04. The van der Waals surface area contributed by atoms with Crippen molar-refractivity contribution in [1.29, 1.82) is 0 Å². The fourth-order valence-corrected chi connectivity index (χ4v) is 1.56. The maximum atomic E-state index is 13.4. The molecule has 0 N–H and O–H groups in total. The van der Waals surface area contributed by atoms with Gasteiger partial charge in [-0.25, -0.2) is 8.78 Å². The first-order valence-electron chi connectivity index (χ1n) is 5.25. The summed E-state index contributed by atoms with van der Waals surface area (Å²) >= 11 is 0.